The first-order valence-electron chi connectivity index (χ1n) is 10.2. The van der Waals surface area contributed by atoms with Gasteiger partial charge in [-0.1, -0.05) is 36.4 Å². The van der Waals surface area contributed by atoms with Gasteiger partial charge in [0, 0.05) is 29.9 Å². The van der Waals surface area contributed by atoms with Crippen LogP contribution in [0.4, 0.5) is 5.69 Å². The van der Waals surface area contributed by atoms with E-state index < -0.39 is 18.4 Å². The normalized spacial score (nSPS) is 20.0. The molecular weight excluding hydrogens is 396 g/mol. The summed E-state index contributed by atoms with van der Waals surface area (Å²) in [5.41, 5.74) is 9.77. The van der Waals surface area contributed by atoms with E-state index in [2.05, 4.69) is 10.3 Å². The number of benzene rings is 2. The first-order chi connectivity index (χ1) is 14.9. The van der Waals surface area contributed by atoms with Crippen molar-refractivity contribution in [1.29, 1.82) is 0 Å². The van der Waals surface area contributed by atoms with E-state index in [0.717, 1.165) is 16.7 Å². The Hall–Kier alpha value is -3.20. The highest BCUT2D eigenvalue weighted by molar-refractivity contribution is 5.82. The van der Waals surface area contributed by atoms with Gasteiger partial charge < -0.3 is 25.7 Å². The molecule has 31 heavy (non-hydrogen) atoms. The van der Waals surface area contributed by atoms with Crippen molar-refractivity contribution in [1.82, 2.24) is 15.2 Å². The molecular formula is C23H26N4O4. The van der Waals surface area contributed by atoms with E-state index in [0.29, 0.717) is 23.6 Å². The van der Waals surface area contributed by atoms with Crippen LogP contribution in [0.5, 0.6) is 0 Å². The lowest BCUT2D eigenvalue weighted by Crippen LogP contribution is -2.44. The summed E-state index contributed by atoms with van der Waals surface area (Å²) >= 11 is 0. The maximum absolute atomic E-state index is 12.9. The zero-order valence-corrected chi connectivity index (χ0v) is 17.2. The van der Waals surface area contributed by atoms with Crippen molar-refractivity contribution in [3.05, 3.63) is 71.7 Å². The number of likely N-dealkylation sites (tertiary alicyclic amines) is 1. The molecule has 162 valence electrons. The Morgan fingerprint density at radius 1 is 1.32 bits per heavy atom. The van der Waals surface area contributed by atoms with Crippen LogP contribution in [0, 0.1) is 6.92 Å². The third-order valence-corrected chi connectivity index (χ3v) is 5.77. The molecule has 0 saturated carbocycles. The summed E-state index contributed by atoms with van der Waals surface area (Å²) < 4.78 is 5.28. The van der Waals surface area contributed by atoms with Gasteiger partial charge in [0.15, 0.2) is 12.2 Å². The number of hydrogen-bond donors (Lipinski definition) is 4. The zero-order valence-electron chi connectivity index (χ0n) is 17.2. The number of amides is 1. The second kappa shape index (κ2) is 8.89. The van der Waals surface area contributed by atoms with Gasteiger partial charge in [-0.25, -0.2) is 4.98 Å². The Labute approximate surface area is 180 Å². The predicted molar refractivity (Wildman–Crippen MR) is 115 cm³/mol. The van der Waals surface area contributed by atoms with Crippen molar-refractivity contribution in [3.8, 4) is 11.3 Å². The second-order valence-electron chi connectivity index (χ2n) is 7.82. The third kappa shape index (κ3) is 4.46. The summed E-state index contributed by atoms with van der Waals surface area (Å²) in [6, 6.07) is 12.3. The van der Waals surface area contributed by atoms with Crippen LogP contribution in [0.2, 0.25) is 0 Å². The molecule has 0 radical (unpaired) electrons. The van der Waals surface area contributed by atoms with Gasteiger partial charge in [0.1, 0.15) is 6.23 Å². The summed E-state index contributed by atoms with van der Waals surface area (Å²) in [7, 11) is 0. The highest BCUT2D eigenvalue weighted by atomic mass is 16.3. The van der Waals surface area contributed by atoms with Crippen LogP contribution in [0.25, 0.3) is 11.3 Å². The van der Waals surface area contributed by atoms with E-state index in [1.54, 1.807) is 29.3 Å². The second-order valence-corrected chi connectivity index (χ2v) is 7.82. The van der Waals surface area contributed by atoms with Crippen molar-refractivity contribution >= 4 is 11.6 Å². The molecule has 1 saturated heterocycles. The fourth-order valence-corrected chi connectivity index (χ4v) is 3.95. The van der Waals surface area contributed by atoms with Crippen LogP contribution in [-0.2, 0) is 11.3 Å². The number of carbonyl (C=O) groups is 1. The maximum atomic E-state index is 12.9. The minimum Gasteiger partial charge on any atom is -0.444 e. The van der Waals surface area contributed by atoms with Gasteiger partial charge in [-0.15, -0.1) is 0 Å². The Morgan fingerprint density at radius 3 is 2.81 bits per heavy atom. The average molecular weight is 422 g/mol. The smallest absolute Gasteiger partial charge is 0.237 e. The maximum Gasteiger partial charge on any atom is 0.237 e. The molecule has 1 unspecified atom stereocenters. The van der Waals surface area contributed by atoms with Crippen molar-refractivity contribution < 1.29 is 19.4 Å². The number of aromatic nitrogens is 1. The van der Waals surface area contributed by atoms with E-state index in [1.165, 1.54) is 6.39 Å². The molecule has 0 aliphatic carbocycles. The van der Waals surface area contributed by atoms with E-state index in [1.807, 2.05) is 31.2 Å². The summed E-state index contributed by atoms with van der Waals surface area (Å²) in [5, 5.41) is 24.0. The standard InChI is InChI=1S/C23H26N4O4/c1-14-18(3-2-4-19(14)24)23(30)27-12-17(28)9-20(27)22(29)26-10-15-5-7-16(8-6-15)21-11-25-13-31-21/h2-8,11,13,17,20,23,28,30H,9-10,12,24H2,1H3,(H,26,29)/t17-,20+,23?/m1/s1. The topological polar surface area (TPSA) is 125 Å². The van der Waals surface area contributed by atoms with Gasteiger partial charge in [0.05, 0.1) is 18.3 Å². The van der Waals surface area contributed by atoms with Crippen LogP contribution in [0.3, 0.4) is 0 Å². The highest BCUT2D eigenvalue weighted by Gasteiger charge is 2.40. The molecule has 1 amide bonds. The number of nitrogens with two attached hydrogens (primary N) is 1. The van der Waals surface area contributed by atoms with Gasteiger partial charge in [0.25, 0.3) is 0 Å². The molecule has 1 aliphatic rings. The summed E-state index contributed by atoms with van der Waals surface area (Å²) in [5.74, 6) is 0.438. The molecule has 4 rings (SSSR count). The van der Waals surface area contributed by atoms with Crippen LogP contribution < -0.4 is 11.1 Å². The highest BCUT2D eigenvalue weighted by Crippen LogP contribution is 2.31. The predicted octanol–water partition coefficient (Wildman–Crippen LogP) is 1.97. The van der Waals surface area contributed by atoms with Gasteiger partial charge in [0.2, 0.25) is 5.91 Å². The van der Waals surface area contributed by atoms with Crippen LogP contribution in [0.15, 0.2) is 59.5 Å². The molecule has 1 aromatic heterocycles. The van der Waals surface area contributed by atoms with E-state index in [-0.39, 0.29) is 18.9 Å². The summed E-state index contributed by atoms with van der Waals surface area (Å²) in [4.78, 5) is 18.4. The molecule has 1 fully saturated rings. The van der Waals surface area contributed by atoms with Gasteiger partial charge in [-0.2, -0.15) is 0 Å². The number of nitrogen functional groups attached to an aromatic ring is 1. The minimum absolute atomic E-state index is 0.208. The molecule has 2 aromatic carbocycles. The van der Waals surface area contributed by atoms with Crippen molar-refractivity contribution in [2.45, 2.75) is 38.3 Å². The van der Waals surface area contributed by atoms with E-state index >= 15 is 0 Å². The van der Waals surface area contributed by atoms with Crippen LogP contribution >= 0.6 is 0 Å². The number of carbonyl (C=O) groups excluding carboxylic acids is 1. The number of hydrogen-bond acceptors (Lipinski definition) is 7. The number of nitrogens with one attached hydrogen (secondary N) is 1. The van der Waals surface area contributed by atoms with E-state index in [9.17, 15) is 15.0 Å². The largest absolute Gasteiger partial charge is 0.444 e. The quantitative estimate of drug-likeness (QED) is 0.448. The Bertz CT molecular complexity index is 1040. The SMILES string of the molecule is Cc1c(N)cccc1C(O)N1C[C@H](O)C[C@H]1C(=O)NCc1ccc(-c2cnco2)cc1. The molecule has 2 heterocycles. The lowest BCUT2D eigenvalue weighted by Gasteiger charge is -2.29. The molecule has 3 atom stereocenters. The number of β-amino-alcohol motifs (C(OH)–C–C–N with tert-alkyl or cyclic N) is 1. The lowest BCUT2D eigenvalue weighted by atomic mass is 10.0. The van der Waals surface area contributed by atoms with Gasteiger partial charge >= 0.3 is 0 Å². The third-order valence-electron chi connectivity index (χ3n) is 5.77. The molecule has 8 nitrogen and oxygen atoms in total. The summed E-state index contributed by atoms with van der Waals surface area (Å²) in [6.45, 7) is 2.38. The molecule has 3 aromatic rings. The number of rotatable bonds is 6. The first kappa shape index (κ1) is 21.0. The Kier molecular flexibility index (Phi) is 6.03. The molecule has 1 aliphatic heterocycles. The van der Waals surface area contributed by atoms with Gasteiger partial charge in [-0.05, 0) is 30.5 Å². The Morgan fingerprint density at radius 2 is 2.10 bits per heavy atom. The van der Waals surface area contributed by atoms with E-state index in [4.69, 9.17) is 10.2 Å². The molecule has 8 heteroatoms. The van der Waals surface area contributed by atoms with Crippen molar-refractivity contribution in [2.75, 3.05) is 12.3 Å². The molecule has 0 bridgehead atoms. The van der Waals surface area contributed by atoms with Crippen LogP contribution in [0.1, 0.15) is 29.3 Å². The van der Waals surface area contributed by atoms with Crippen LogP contribution in [-0.4, -0.2) is 44.7 Å². The number of aliphatic hydroxyl groups is 2. The van der Waals surface area contributed by atoms with Crippen molar-refractivity contribution in [2.24, 2.45) is 0 Å². The number of anilines is 1. The van der Waals surface area contributed by atoms with Crippen molar-refractivity contribution in [3.63, 3.8) is 0 Å². The fraction of sp³-hybridized carbons (Fsp3) is 0.304. The fourth-order valence-electron chi connectivity index (χ4n) is 3.95. The lowest BCUT2D eigenvalue weighted by molar-refractivity contribution is -0.129. The van der Waals surface area contributed by atoms with Gasteiger partial charge in [-0.3, -0.25) is 9.69 Å². The molecule has 0 spiro atoms. The summed E-state index contributed by atoms with van der Waals surface area (Å²) in [6.07, 6.45) is 1.56. The first-order valence-corrected chi connectivity index (χ1v) is 10.2. The average Bonchev–Trinajstić information content (AvgIpc) is 3.44. The number of oxazole rings is 1. The number of nitrogens with zero attached hydrogens (tertiary/aromatic N) is 2. The zero-order chi connectivity index (χ0) is 22.0. The monoisotopic (exact) mass is 422 g/mol. The Balaban J connectivity index is 1.42. The minimum atomic E-state index is -1.03. The number of aliphatic hydroxyl groups excluding tert-OH is 2. The molecule has 5 N–H and O–H groups in total.